The number of aliphatic carboxylic acids is 2. The molecule has 0 bridgehead atoms. The highest BCUT2D eigenvalue weighted by atomic mass is 16.4. The van der Waals surface area contributed by atoms with Crippen LogP contribution in [-0.2, 0) is 99.2 Å². The zero-order chi connectivity index (χ0) is 86.3. The third kappa shape index (κ3) is 33.9. The maximum atomic E-state index is 15.0. The van der Waals surface area contributed by atoms with Crippen molar-refractivity contribution in [3.63, 3.8) is 0 Å². The number of nitrogens with two attached hydrogens (primary N) is 3. The Hall–Kier alpha value is -12.3. The number of carboxylic acid groups (broad SMARTS) is 2. The number of hydrogen-bond acceptors (Lipinski definition) is 18. The number of amides is 12. The summed E-state index contributed by atoms with van der Waals surface area (Å²) in [6.07, 6.45) is -1.13. The molecule has 12 amide bonds. The Labute approximate surface area is 680 Å². The van der Waals surface area contributed by atoms with Gasteiger partial charge in [-0.15, -0.1) is 0 Å². The van der Waals surface area contributed by atoms with Crippen LogP contribution in [0.3, 0.4) is 0 Å². The lowest BCUT2D eigenvalue weighted by atomic mass is 9.95. The summed E-state index contributed by atoms with van der Waals surface area (Å²) in [7, 11) is 0. The van der Waals surface area contributed by atoms with Crippen molar-refractivity contribution < 1.29 is 82.4 Å². The highest BCUT2D eigenvalue weighted by Crippen LogP contribution is 2.18. The molecule has 0 fully saturated rings. The van der Waals surface area contributed by atoms with Gasteiger partial charge in [-0.2, -0.15) is 0 Å². The molecule has 13 atom stereocenters. The van der Waals surface area contributed by atoms with Crippen LogP contribution >= 0.6 is 0 Å². The fourth-order valence-corrected chi connectivity index (χ4v) is 12.3. The summed E-state index contributed by atoms with van der Waals surface area (Å²) in [5.74, 6) is -15.2. The second kappa shape index (κ2) is 49.4. The summed E-state index contributed by atoms with van der Waals surface area (Å²) < 4.78 is 0. The van der Waals surface area contributed by atoms with Gasteiger partial charge in [-0.3, -0.25) is 67.7 Å². The zero-order valence-corrected chi connectivity index (χ0v) is 67.1. The lowest BCUT2D eigenvalue weighted by Crippen LogP contribution is -2.62. The van der Waals surface area contributed by atoms with Crippen LogP contribution in [0.4, 0.5) is 0 Å². The number of benzene rings is 5. The van der Waals surface area contributed by atoms with E-state index in [1.807, 2.05) is 0 Å². The molecular formula is C83H115N17O17. The summed E-state index contributed by atoms with van der Waals surface area (Å²) in [5.41, 5.74) is 20.4. The van der Waals surface area contributed by atoms with Crippen LogP contribution in [0.1, 0.15) is 128 Å². The molecule has 0 saturated heterocycles. The van der Waals surface area contributed by atoms with Crippen molar-refractivity contribution in [1.82, 2.24) is 69.1 Å². The Morgan fingerprint density at radius 2 is 0.744 bits per heavy atom. The SMILES string of the molecule is CC[C@H](C)[C@H](NC(=O)[C@@H](NC(=O)[C@H](Cc1ccc(O)cc1)NC(=O)[C@H](C)NC(=O)CNC(=O)[C@H](Cc1ccccc1)NC(=O)[C@@H](N)C(C)C)C(C)C)C(=O)N[C@@H](CCCNC(=N)N)C(=O)N[C@@H](CCCCN)C(=O)N[C@@H](Cc1ccccc1)C(=O)N[C@@H](Cc1ccccc1)C(=O)N[C@@H](CCC(=O)O)C(=O)N[C@@H](Cc1ccccc1)C(=O)O. The number of phenolic OH excluding ortho intramolecular Hbond substituents is 1. The minimum Gasteiger partial charge on any atom is -0.508 e. The largest absolute Gasteiger partial charge is 0.508 e. The zero-order valence-electron chi connectivity index (χ0n) is 67.1. The van der Waals surface area contributed by atoms with Gasteiger partial charge in [0.15, 0.2) is 5.96 Å². The molecule has 0 aliphatic carbocycles. The molecule has 634 valence electrons. The van der Waals surface area contributed by atoms with Gasteiger partial charge in [0.1, 0.15) is 72.2 Å². The van der Waals surface area contributed by atoms with Crippen molar-refractivity contribution in [3.8, 4) is 5.75 Å². The van der Waals surface area contributed by atoms with Gasteiger partial charge in [-0.25, -0.2) is 4.79 Å². The number of carbonyl (C=O) groups excluding carboxylic acids is 12. The average molecular weight is 1620 g/mol. The van der Waals surface area contributed by atoms with Crippen molar-refractivity contribution in [3.05, 3.63) is 173 Å². The Morgan fingerprint density at radius 3 is 1.16 bits per heavy atom. The highest BCUT2D eigenvalue weighted by Gasteiger charge is 2.39. The van der Waals surface area contributed by atoms with E-state index in [1.54, 1.807) is 163 Å². The maximum Gasteiger partial charge on any atom is 0.326 e. The van der Waals surface area contributed by atoms with Gasteiger partial charge in [0.2, 0.25) is 70.9 Å². The lowest BCUT2D eigenvalue weighted by Gasteiger charge is -2.31. The third-order valence-electron chi connectivity index (χ3n) is 19.4. The topological polar surface area (TPSA) is 558 Å². The van der Waals surface area contributed by atoms with E-state index in [2.05, 4.69) is 69.1 Å². The number of guanidine groups is 1. The predicted molar refractivity (Wildman–Crippen MR) is 436 cm³/mol. The minimum atomic E-state index is -1.63. The number of phenols is 1. The molecule has 23 N–H and O–H groups in total. The predicted octanol–water partition coefficient (Wildman–Crippen LogP) is 0.401. The third-order valence-corrected chi connectivity index (χ3v) is 19.4. The van der Waals surface area contributed by atoms with Crippen LogP contribution in [0.15, 0.2) is 146 Å². The molecule has 0 aromatic heterocycles. The normalized spacial score (nSPS) is 14.4. The summed E-state index contributed by atoms with van der Waals surface area (Å²) >= 11 is 0. The standard InChI is InChI=1S/C83H115N17O17/c1-8-50(6)70(100-80(114)69(49(4)5)99-78(112)64(45-56-34-36-57(101)37-35-56)94-71(105)51(7)90-66(102)47-89-72(106)61(42-52-24-13-9-14-25-52)97-79(113)68(85)48(2)3)81(115)93-59(33-23-41-88-83(86)87)73(107)91-58(32-21-22-40-84)74(108)95-63(44-54-28-17-11-18-29-54)77(111)96-62(43-53-26-15-10-16-27-53)76(110)92-60(38-39-67(103)104)75(109)98-65(82(116)117)46-55-30-19-12-20-31-55/h9-20,24-31,34-37,48-51,58-65,68-70,101H,8,21-23,32-33,38-47,84-85H2,1-7H3,(H,89,106)(H,90,102)(H,91,107)(H,92,110)(H,93,115)(H,94,105)(H,95,108)(H,96,111)(H,97,113)(H,98,109)(H,99,112)(H,100,114)(H,103,104)(H,116,117)(H4,86,87,88)/t50-,51-,58-,59-,60-,61-,62-,63-,64-,65-,68-,69-,70-/m0/s1. The van der Waals surface area contributed by atoms with Gasteiger partial charge in [-0.05, 0) is 110 Å². The molecule has 34 heteroatoms. The number of rotatable bonds is 50. The Morgan fingerprint density at radius 1 is 0.385 bits per heavy atom. The minimum absolute atomic E-state index is 0.0301. The Balaban J connectivity index is 1.38. The van der Waals surface area contributed by atoms with E-state index in [4.69, 9.17) is 22.6 Å². The molecule has 0 aliphatic rings. The van der Waals surface area contributed by atoms with Crippen molar-refractivity contribution in [2.24, 2.45) is 35.0 Å². The van der Waals surface area contributed by atoms with Gasteiger partial charge < -0.3 is 102 Å². The van der Waals surface area contributed by atoms with Crippen LogP contribution < -0.4 is 86.3 Å². The number of hydrogen-bond donors (Lipinski definition) is 20. The first kappa shape index (κ1) is 95.3. The number of unbranched alkanes of at least 4 members (excludes halogenated alkanes) is 1. The van der Waals surface area contributed by atoms with E-state index >= 15 is 9.59 Å². The van der Waals surface area contributed by atoms with E-state index in [-0.39, 0.29) is 89.0 Å². The van der Waals surface area contributed by atoms with Crippen LogP contribution in [0, 0.1) is 23.2 Å². The van der Waals surface area contributed by atoms with Crippen LogP contribution in [0.5, 0.6) is 5.75 Å². The first-order valence-corrected chi connectivity index (χ1v) is 39.2. The van der Waals surface area contributed by atoms with Crippen LogP contribution in [0.25, 0.3) is 0 Å². The Kier molecular flexibility index (Phi) is 40.3. The molecule has 0 aliphatic heterocycles. The summed E-state index contributed by atoms with van der Waals surface area (Å²) in [6.45, 7) is 11.0. The van der Waals surface area contributed by atoms with Gasteiger partial charge in [0.05, 0.1) is 12.6 Å². The highest BCUT2D eigenvalue weighted by molar-refractivity contribution is 6.00. The first-order valence-electron chi connectivity index (χ1n) is 39.2. The second-order valence-electron chi connectivity index (χ2n) is 29.5. The molecule has 34 nitrogen and oxygen atoms in total. The van der Waals surface area contributed by atoms with Crippen LogP contribution in [0.2, 0.25) is 0 Å². The van der Waals surface area contributed by atoms with Gasteiger partial charge in [0.25, 0.3) is 0 Å². The smallest absolute Gasteiger partial charge is 0.326 e. The fourth-order valence-electron chi connectivity index (χ4n) is 12.3. The van der Waals surface area contributed by atoms with Crippen molar-refractivity contribution >= 4 is 88.8 Å². The van der Waals surface area contributed by atoms with Gasteiger partial charge in [0, 0.05) is 45.1 Å². The number of carboxylic acids is 2. The Bertz CT molecular complexity index is 4110. The first-order chi connectivity index (χ1) is 55.7. The van der Waals surface area contributed by atoms with Crippen molar-refractivity contribution in [2.75, 3.05) is 19.6 Å². The number of aromatic hydroxyl groups is 1. The molecule has 0 heterocycles. The summed E-state index contributed by atoms with van der Waals surface area (Å²) in [5, 5.41) is 72.1. The van der Waals surface area contributed by atoms with Gasteiger partial charge in [-0.1, -0.05) is 181 Å². The molecule has 0 spiro atoms. The lowest BCUT2D eigenvalue weighted by molar-refractivity contribution is -0.143. The summed E-state index contributed by atoms with van der Waals surface area (Å²) in [4.78, 5) is 196. The molecule has 0 saturated carbocycles. The molecule has 0 unspecified atom stereocenters. The monoisotopic (exact) mass is 1620 g/mol. The van der Waals surface area contributed by atoms with E-state index in [9.17, 15) is 72.9 Å². The van der Waals surface area contributed by atoms with E-state index in [0.717, 1.165) is 0 Å². The molecular weight excluding hydrogens is 1510 g/mol. The molecule has 0 radical (unpaired) electrons. The van der Waals surface area contributed by atoms with E-state index < -0.39 is 193 Å². The molecule has 5 rings (SSSR count). The van der Waals surface area contributed by atoms with Gasteiger partial charge >= 0.3 is 11.9 Å². The van der Waals surface area contributed by atoms with Crippen molar-refractivity contribution in [1.29, 1.82) is 5.41 Å². The molecule has 5 aromatic rings. The average Bonchev–Trinajstić information content (AvgIpc) is 0.849. The second-order valence-corrected chi connectivity index (χ2v) is 29.5. The maximum absolute atomic E-state index is 15.0. The molecule has 117 heavy (non-hydrogen) atoms. The number of carbonyl (C=O) groups is 14. The van der Waals surface area contributed by atoms with E-state index in [1.165, 1.54) is 31.2 Å². The van der Waals surface area contributed by atoms with E-state index in [0.29, 0.717) is 34.2 Å². The van der Waals surface area contributed by atoms with Crippen molar-refractivity contribution in [2.45, 2.75) is 204 Å². The number of nitrogens with one attached hydrogen (secondary N) is 14. The quantitative estimate of drug-likeness (QED) is 0.0142. The van der Waals surface area contributed by atoms with Crippen LogP contribution in [-0.4, -0.2) is 196 Å². The molecule has 5 aromatic carbocycles. The summed E-state index contributed by atoms with van der Waals surface area (Å²) in [6, 6.07) is 22.9. The fraction of sp³-hybridized carbons (Fsp3) is 0.458.